The Balaban J connectivity index is 1.91. The largest absolute Gasteiger partial charge is 0.381 e. The van der Waals surface area contributed by atoms with E-state index in [0.29, 0.717) is 0 Å². The molecule has 0 aromatic carbocycles. The van der Waals surface area contributed by atoms with Crippen molar-refractivity contribution in [3.63, 3.8) is 0 Å². The second kappa shape index (κ2) is 6.02. The van der Waals surface area contributed by atoms with Crippen LogP contribution in [0.15, 0.2) is 0 Å². The van der Waals surface area contributed by atoms with Crippen molar-refractivity contribution in [3.8, 4) is 0 Å². The number of hydrogen-bond acceptors (Lipinski definition) is 2. The van der Waals surface area contributed by atoms with E-state index in [0.717, 1.165) is 37.0 Å². The minimum Gasteiger partial charge on any atom is -0.381 e. The summed E-state index contributed by atoms with van der Waals surface area (Å²) in [6.07, 6.45) is 8.27. The second-order valence-electron chi connectivity index (χ2n) is 5.80. The van der Waals surface area contributed by atoms with Gasteiger partial charge in [-0.15, -0.1) is 0 Å². The Morgan fingerprint density at radius 2 is 1.81 bits per heavy atom. The highest BCUT2D eigenvalue weighted by atomic mass is 16.5. The van der Waals surface area contributed by atoms with Crippen LogP contribution in [0.3, 0.4) is 0 Å². The molecule has 0 bridgehead atoms. The molecule has 2 nitrogen and oxygen atoms in total. The fourth-order valence-electron chi connectivity index (χ4n) is 3.74. The van der Waals surface area contributed by atoms with E-state index in [2.05, 4.69) is 19.3 Å². The molecule has 0 amide bonds. The highest BCUT2D eigenvalue weighted by Crippen LogP contribution is 2.35. The zero-order chi connectivity index (χ0) is 11.4. The molecule has 0 radical (unpaired) electrons. The predicted molar refractivity (Wildman–Crippen MR) is 67.5 cm³/mol. The first-order chi connectivity index (χ1) is 7.81. The zero-order valence-electron chi connectivity index (χ0n) is 10.9. The molecule has 1 aliphatic heterocycles. The van der Waals surface area contributed by atoms with Gasteiger partial charge in [0.25, 0.3) is 0 Å². The van der Waals surface area contributed by atoms with Crippen LogP contribution in [0.5, 0.6) is 0 Å². The molecule has 3 unspecified atom stereocenters. The van der Waals surface area contributed by atoms with E-state index in [1.165, 1.54) is 38.5 Å². The van der Waals surface area contributed by atoms with Crippen molar-refractivity contribution < 1.29 is 4.74 Å². The van der Waals surface area contributed by atoms with Crippen LogP contribution in [0.4, 0.5) is 0 Å². The van der Waals surface area contributed by atoms with Crippen LogP contribution in [-0.4, -0.2) is 26.3 Å². The van der Waals surface area contributed by atoms with Gasteiger partial charge in [0.05, 0.1) is 0 Å². The van der Waals surface area contributed by atoms with Gasteiger partial charge in [-0.1, -0.05) is 19.8 Å². The van der Waals surface area contributed by atoms with Crippen LogP contribution < -0.4 is 5.32 Å². The van der Waals surface area contributed by atoms with E-state index in [1.54, 1.807) is 0 Å². The lowest BCUT2D eigenvalue weighted by Crippen LogP contribution is -2.44. The Hall–Kier alpha value is -0.0800. The summed E-state index contributed by atoms with van der Waals surface area (Å²) < 4.78 is 5.48. The van der Waals surface area contributed by atoms with E-state index in [9.17, 15) is 0 Å². The first-order valence-electron chi connectivity index (χ1n) is 7.06. The molecule has 2 fully saturated rings. The molecule has 2 rings (SSSR count). The minimum atomic E-state index is 0.742. The molecule has 16 heavy (non-hydrogen) atoms. The second-order valence-corrected chi connectivity index (χ2v) is 5.80. The fraction of sp³-hybridized carbons (Fsp3) is 1.00. The molecular weight excluding hydrogens is 198 g/mol. The summed E-state index contributed by atoms with van der Waals surface area (Å²) in [4.78, 5) is 0. The highest BCUT2D eigenvalue weighted by Gasteiger charge is 2.32. The fourth-order valence-corrected chi connectivity index (χ4v) is 3.74. The summed E-state index contributed by atoms with van der Waals surface area (Å²) in [5.41, 5.74) is 0. The molecule has 1 saturated carbocycles. The summed E-state index contributed by atoms with van der Waals surface area (Å²) >= 11 is 0. The van der Waals surface area contributed by atoms with Gasteiger partial charge in [0, 0.05) is 19.3 Å². The standard InChI is InChI=1S/C14H27NO/c1-11-4-3-5-13(10-11)14(15-2)12-6-8-16-9-7-12/h11-15H,3-10H2,1-2H3. The summed E-state index contributed by atoms with van der Waals surface area (Å²) in [7, 11) is 2.15. The van der Waals surface area contributed by atoms with Gasteiger partial charge in [0.2, 0.25) is 0 Å². The van der Waals surface area contributed by atoms with Crippen molar-refractivity contribution in [2.24, 2.45) is 17.8 Å². The van der Waals surface area contributed by atoms with Gasteiger partial charge in [0.1, 0.15) is 0 Å². The lowest BCUT2D eigenvalue weighted by atomic mass is 9.73. The Kier molecular flexibility index (Phi) is 4.66. The summed E-state index contributed by atoms with van der Waals surface area (Å²) in [6, 6.07) is 0.742. The van der Waals surface area contributed by atoms with Crippen molar-refractivity contribution in [1.29, 1.82) is 0 Å². The zero-order valence-corrected chi connectivity index (χ0v) is 10.9. The predicted octanol–water partition coefficient (Wildman–Crippen LogP) is 2.83. The summed E-state index contributed by atoms with van der Waals surface area (Å²) in [6.45, 7) is 4.37. The normalized spacial score (nSPS) is 34.9. The molecule has 3 atom stereocenters. The van der Waals surface area contributed by atoms with Gasteiger partial charge in [0.15, 0.2) is 0 Å². The molecule has 94 valence electrons. The molecule has 0 aromatic heterocycles. The number of rotatable bonds is 3. The average molecular weight is 225 g/mol. The smallest absolute Gasteiger partial charge is 0.0469 e. The minimum absolute atomic E-state index is 0.742. The van der Waals surface area contributed by atoms with E-state index in [4.69, 9.17) is 4.74 Å². The van der Waals surface area contributed by atoms with Crippen LogP contribution in [0.2, 0.25) is 0 Å². The lowest BCUT2D eigenvalue weighted by Gasteiger charge is -2.39. The first kappa shape index (κ1) is 12.4. The number of ether oxygens (including phenoxy) is 1. The molecule has 1 aliphatic carbocycles. The van der Waals surface area contributed by atoms with Gasteiger partial charge < -0.3 is 10.1 Å². The third-order valence-corrected chi connectivity index (χ3v) is 4.59. The van der Waals surface area contributed by atoms with Gasteiger partial charge in [-0.05, 0) is 50.5 Å². The maximum Gasteiger partial charge on any atom is 0.0469 e. The number of hydrogen-bond donors (Lipinski definition) is 1. The Morgan fingerprint density at radius 1 is 1.06 bits per heavy atom. The molecular formula is C14H27NO. The van der Waals surface area contributed by atoms with E-state index < -0.39 is 0 Å². The number of nitrogens with one attached hydrogen (secondary N) is 1. The third-order valence-electron chi connectivity index (χ3n) is 4.59. The monoisotopic (exact) mass is 225 g/mol. The molecule has 2 aliphatic rings. The SMILES string of the molecule is CNC(C1CCOCC1)C1CCCC(C)C1. The maximum absolute atomic E-state index is 5.48. The maximum atomic E-state index is 5.48. The van der Waals surface area contributed by atoms with Gasteiger partial charge >= 0.3 is 0 Å². The third kappa shape index (κ3) is 2.98. The van der Waals surface area contributed by atoms with Crippen LogP contribution >= 0.6 is 0 Å². The molecule has 1 heterocycles. The highest BCUT2D eigenvalue weighted by molar-refractivity contribution is 4.86. The summed E-state index contributed by atoms with van der Waals surface area (Å²) in [5, 5.41) is 3.61. The Labute approximate surface area is 100 Å². The van der Waals surface area contributed by atoms with Crippen LogP contribution in [-0.2, 0) is 4.74 Å². The van der Waals surface area contributed by atoms with Crippen molar-refractivity contribution in [2.75, 3.05) is 20.3 Å². The van der Waals surface area contributed by atoms with E-state index in [-0.39, 0.29) is 0 Å². The van der Waals surface area contributed by atoms with Crippen LogP contribution in [0.1, 0.15) is 45.4 Å². The Bertz CT molecular complexity index is 201. The van der Waals surface area contributed by atoms with E-state index in [1.807, 2.05) is 0 Å². The van der Waals surface area contributed by atoms with Crippen LogP contribution in [0.25, 0.3) is 0 Å². The van der Waals surface area contributed by atoms with E-state index >= 15 is 0 Å². The van der Waals surface area contributed by atoms with Crippen molar-refractivity contribution >= 4 is 0 Å². The average Bonchev–Trinajstić information content (AvgIpc) is 2.31. The molecule has 0 spiro atoms. The molecule has 0 aromatic rings. The lowest BCUT2D eigenvalue weighted by molar-refractivity contribution is 0.0395. The first-order valence-corrected chi connectivity index (χ1v) is 7.06. The topological polar surface area (TPSA) is 21.3 Å². The van der Waals surface area contributed by atoms with Crippen molar-refractivity contribution in [2.45, 2.75) is 51.5 Å². The van der Waals surface area contributed by atoms with Crippen molar-refractivity contribution in [3.05, 3.63) is 0 Å². The Morgan fingerprint density at radius 3 is 2.44 bits per heavy atom. The van der Waals surface area contributed by atoms with Gasteiger partial charge in [-0.25, -0.2) is 0 Å². The molecule has 1 saturated heterocycles. The summed E-state index contributed by atoms with van der Waals surface area (Å²) in [5.74, 6) is 2.71. The molecule has 2 heteroatoms. The van der Waals surface area contributed by atoms with Gasteiger partial charge in [-0.3, -0.25) is 0 Å². The quantitative estimate of drug-likeness (QED) is 0.797. The van der Waals surface area contributed by atoms with Gasteiger partial charge in [-0.2, -0.15) is 0 Å². The molecule has 1 N–H and O–H groups in total. The van der Waals surface area contributed by atoms with Crippen LogP contribution in [0, 0.1) is 17.8 Å². The van der Waals surface area contributed by atoms with Crippen molar-refractivity contribution in [1.82, 2.24) is 5.32 Å².